The Morgan fingerprint density at radius 1 is 1.07 bits per heavy atom. The van der Waals surface area contributed by atoms with Crippen molar-refractivity contribution in [3.8, 4) is 0 Å². The predicted octanol–water partition coefficient (Wildman–Crippen LogP) is 4.39. The molecule has 0 saturated heterocycles. The molecule has 6 nitrogen and oxygen atoms in total. The first-order valence-electron chi connectivity index (χ1n) is 9.08. The number of anilines is 3. The normalized spacial score (nSPS) is 10.4. The first-order valence-corrected chi connectivity index (χ1v) is 9.08. The van der Waals surface area contributed by atoms with Gasteiger partial charge in [-0.05, 0) is 62.4 Å². The van der Waals surface area contributed by atoms with Crippen molar-refractivity contribution in [1.29, 1.82) is 0 Å². The average molecular weight is 364 g/mol. The number of carbonyl (C=O) groups excluding carboxylic acids is 1. The molecule has 0 saturated carbocycles. The van der Waals surface area contributed by atoms with E-state index in [1.54, 1.807) is 24.6 Å². The van der Waals surface area contributed by atoms with Gasteiger partial charge in [-0.3, -0.25) is 4.79 Å². The highest BCUT2D eigenvalue weighted by molar-refractivity contribution is 6.04. The Bertz CT molecular complexity index is 839. The molecule has 0 spiro atoms. The van der Waals surface area contributed by atoms with E-state index >= 15 is 0 Å². The van der Waals surface area contributed by atoms with Crippen molar-refractivity contribution in [2.45, 2.75) is 20.4 Å². The van der Waals surface area contributed by atoms with Crippen LogP contribution in [0.2, 0.25) is 0 Å². The molecule has 0 atom stereocenters. The molecular formula is C21H24N4O2. The summed E-state index contributed by atoms with van der Waals surface area (Å²) in [5.74, 6) is 1.33. The molecule has 0 aliphatic rings. The molecule has 3 rings (SSSR count). The molecule has 0 bridgehead atoms. The molecule has 0 unspecified atom stereocenters. The molecule has 2 aromatic heterocycles. The van der Waals surface area contributed by atoms with Crippen LogP contribution in [-0.4, -0.2) is 24.0 Å². The van der Waals surface area contributed by atoms with Gasteiger partial charge in [-0.2, -0.15) is 0 Å². The predicted molar refractivity (Wildman–Crippen MR) is 108 cm³/mol. The van der Waals surface area contributed by atoms with E-state index in [0.717, 1.165) is 30.2 Å². The standard InChI is InChI=1S/C21H24N4O2/c1-3-25(4-2)18-10-8-17(9-11-18)24-21(26)16-7-12-20(22-14-16)23-15-19-6-5-13-27-19/h5-14H,3-4,15H2,1-2H3,(H,22,23)(H,24,26). The monoisotopic (exact) mass is 364 g/mol. The van der Waals surface area contributed by atoms with Gasteiger partial charge in [0.25, 0.3) is 5.91 Å². The molecule has 1 aromatic carbocycles. The second-order valence-corrected chi connectivity index (χ2v) is 6.04. The number of furan rings is 1. The topological polar surface area (TPSA) is 70.4 Å². The number of amides is 1. The smallest absolute Gasteiger partial charge is 0.257 e. The highest BCUT2D eigenvalue weighted by Crippen LogP contribution is 2.18. The van der Waals surface area contributed by atoms with Crippen molar-refractivity contribution in [1.82, 2.24) is 4.98 Å². The lowest BCUT2D eigenvalue weighted by Gasteiger charge is -2.21. The highest BCUT2D eigenvalue weighted by Gasteiger charge is 2.08. The van der Waals surface area contributed by atoms with Crippen molar-refractivity contribution in [3.05, 3.63) is 72.3 Å². The lowest BCUT2D eigenvalue weighted by molar-refractivity contribution is 0.102. The molecule has 3 aromatic rings. The quantitative estimate of drug-likeness (QED) is 0.620. The number of carbonyl (C=O) groups is 1. The Labute approximate surface area is 159 Å². The SMILES string of the molecule is CCN(CC)c1ccc(NC(=O)c2ccc(NCc3ccco3)nc2)cc1. The number of rotatable bonds is 8. The van der Waals surface area contributed by atoms with Crippen molar-refractivity contribution in [3.63, 3.8) is 0 Å². The average Bonchev–Trinajstić information content (AvgIpc) is 3.22. The van der Waals surface area contributed by atoms with Gasteiger partial charge in [0.2, 0.25) is 0 Å². The number of hydrogen-bond acceptors (Lipinski definition) is 5. The Morgan fingerprint density at radius 2 is 1.85 bits per heavy atom. The van der Waals surface area contributed by atoms with Crippen LogP contribution in [0.3, 0.4) is 0 Å². The summed E-state index contributed by atoms with van der Waals surface area (Å²) in [6.07, 6.45) is 3.19. The molecule has 27 heavy (non-hydrogen) atoms. The van der Waals surface area contributed by atoms with Crippen LogP contribution in [0.4, 0.5) is 17.2 Å². The number of hydrogen-bond donors (Lipinski definition) is 2. The van der Waals surface area contributed by atoms with E-state index < -0.39 is 0 Å². The molecule has 2 heterocycles. The molecule has 140 valence electrons. The fourth-order valence-electron chi connectivity index (χ4n) is 2.77. The lowest BCUT2D eigenvalue weighted by Crippen LogP contribution is -2.21. The maximum absolute atomic E-state index is 12.4. The number of nitrogens with zero attached hydrogens (tertiary/aromatic N) is 2. The largest absolute Gasteiger partial charge is 0.467 e. The van der Waals surface area contributed by atoms with Gasteiger partial charge in [0.05, 0.1) is 18.4 Å². The Balaban J connectivity index is 1.57. The van der Waals surface area contributed by atoms with E-state index in [-0.39, 0.29) is 5.91 Å². The van der Waals surface area contributed by atoms with Crippen LogP contribution in [0.5, 0.6) is 0 Å². The molecule has 1 amide bonds. The number of benzene rings is 1. The third-order valence-corrected chi connectivity index (χ3v) is 4.30. The zero-order valence-electron chi connectivity index (χ0n) is 15.6. The van der Waals surface area contributed by atoms with Crippen molar-refractivity contribution < 1.29 is 9.21 Å². The van der Waals surface area contributed by atoms with Gasteiger partial charge in [0, 0.05) is 30.7 Å². The Hall–Kier alpha value is -3.28. The first kappa shape index (κ1) is 18.5. The fourth-order valence-corrected chi connectivity index (χ4v) is 2.77. The Morgan fingerprint density at radius 3 is 2.44 bits per heavy atom. The zero-order chi connectivity index (χ0) is 19.1. The summed E-state index contributed by atoms with van der Waals surface area (Å²) in [7, 11) is 0. The Kier molecular flexibility index (Phi) is 6.10. The molecule has 0 aliphatic carbocycles. The third kappa shape index (κ3) is 4.88. The summed E-state index contributed by atoms with van der Waals surface area (Å²) in [5.41, 5.74) is 2.41. The van der Waals surface area contributed by atoms with Crippen LogP contribution in [0.1, 0.15) is 30.0 Å². The molecule has 0 radical (unpaired) electrons. The van der Waals surface area contributed by atoms with Crippen molar-refractivity contribution in [2.24, 2.45) is 0 Å². The van der Waals surface area contributed by atoms with Crippen LogP contribution in [0.15, 0.2) is 65.4 Å². The minimum atomic E-state index is -0.185. The molecule has 2 N–H and O–H groups in total. The minimum absolute atomic E-state index is 0.185. The van der Waals surface area contributed by atoms with E-state index in [9.17, 15) is 4.79 Å². The summed E-state index contributed by atoms with van der Waals surface area (Å²) in [5, 5.41) is 6.05. The minimum Gasteiger partial charge on any atom is -0.467 e. The van der Waals surface area contributed by atoms with Crippen LogP contribution >= 0.6 is 0 Å². The van der Waals surface area contributed by atoms with E-state index in [0.29, 0.717) is 17.9 Å². The summed E-state index contributed by atoms with van der Waals surface area (Å²) in [6.45, 7) is 6.70. The van der Waals surface area contributed by atoms with Crippen LogP contribution in [0.25, 0.3) is 0 Å². The lowest BCUT2D eigenvalue weighted by atomic mass is 10.2. The zero-order valence-corrected chi connectivity index (χ0v) is 15.6. The summed E-state index contributed by atoms with van der Waals surface area (Å²) < 4.78 is 5.26. The second-order valence-electron chi connectivity index (χ2n) is 6.04. The van der Waals surface area contributed by atoms with Gasteiger partial charge in [0.15, 0.2) is 0 Å². The summed E-state index contributed by atoms with van der Waals surface area (Å²) in [6, 6.07) is 15.1. The maximum atomic E-state index is 12.4. The van der Waals surface area contributed by atoms with Gasteiger partial charge in [-0.25, -0.2) is 4.98 Å². The van der Waals surface area contributed by atoms with Gasteiger partial charge in [-0.1, -0.05) is 0 Å². The number of nitrogens with one attached hydrogen (secondary N) is 2. The first-order chi connectivity index (χ1) is 13.2. The molecule has 6 heteroatoms. The second kappa shape index (κ2) is 8.89. The maximum Gasteiger partial charge on any atom is 0.257 e. The molecular weight excluding hydrogens is 340 g/mol. The van der Waals surface area contributed by atoms with E-state index in [1.165, 1.54) is 0 Å². The highest BCUT2D eigenvalue weighted by atomic mass is 16.3. The van der Waals surface area contributed by atoms with Crippen LogP contribution < -0.4 is 15.5 Å². The fraction of sp³-hybridized carbons (Fsp3) is 0.238. The van der Waals surface area contributed by atoms with E-state index in [2.05, 4.69) is 34.4 Å². The van der Waals surface area contributed by atoms with Crippen LogP contribution in [0, 0.1) is 0 Å². The number of pyridine rings is 1. The van der Waals surface area contributed by atoms with Crippen molar-refractivity contribution in [2.75, 3.05) is 28.6 Å². The number of aromatic nitrogens is 1. The summed E-state index contributed by atoms with van der Waals surface area (Å²) in [4.78, 5) is 18.9. The molecule has 0 fully saturated rings. The van der Waals surface area contributed by atoms with Gasteiger partial charge >= 0.3 is 0 Å². The molecule has 0 aliphatic heterocycles. The van der Waals surface area contributed by atoms with Gasteiger partial charge in [-0.15, -0.1) is 0 Å². The van der Waals surface area contributed by atoms with E-state index in [1.807, 2.05) is 36.4 Å². The third-order valence-electron chi connectivity index (χ3n) is 4.30. The van der Waals surface area contributed by atoms with Crippen LogP contribution in [-0.2, 0) is 6.54 Å². The van der Waals surface area contributed by atoms with Crippen molar-refractivity contribution >= 4 is 23.1 Å². The van der Waals surface area contributed by atoms with Gasteiger partial charge in [0.1, 0.15) is 11.6 Å². The van der Waals surface area contributed by atoms with Gasteiger partial charge < -0.3 is 20.0 Å². The van der Waals surface area contributed by atoms with E-state index in [4.69, 9.17) is 4.42 Å². The summed E-state index contributed by atoms with van der Waals surface area (Å²) >= 11 is 0.